The van der Waals surface area contributed by atoms with Crippen molar-refractivity contribution in [1.29, 1.82) is 0 Å². The summed E-state index contributed by atoms with van der Waals surface area (Å²) >= 11 is 3.39. The number of benzene rings is 1. The van der Waals surface area contributed by atoms with Crippen LogP contribution in [0.2, 0.25) is 0 Å². The molecule has 18 heavy (non-hydrogen) atoms. The Balaban J connectivity index is 2.19. The number of ether oxygens (including phenoxy) is 1. The predicted octanol–water partition coefficient (Wildman–Crippen LogP) is 2.73. The molecule has 1 heterocycles. The van der Waals surface area contributed by atoms with Crippen LogP contribution in [-0.4, -0.2) is 16.0 Å². The second-order valence-electron chi connectivity index (χ2n) is 3.40. The Hall–Kier alpha value is -2.08. The molecule has 1 aromatic carbocycles. The summed E-state index contributed by atoms with van der Waals surface area (Å²) < 4.78 is 6.48. The third kappa shape index (κ3) is 2.78. The molecule has 0 aliphatic carbocycles. The topological polar surface area (TPSA) is 80.7 Å². The first-order chi connectivity index (χ1) is 8.70. The van der Waals surface area contributed by atoms with E-state index in [-0.39, 0.29) is 5.84 Å². The fourth-order valence-electron chi connectivity index (χ4n) is 1.30. The van der Waals surface area contributed by atoms with Crippen LogP contribution in [0.25, 0.3) is 0 Å². The fourth-order valence-corrected chi connectivity index (χ4v) is 1.66. The van der Waals surface area contributed by atoms with E-state index >= 15 is 0 Å². The largest absolute Gasteiger partial charge is 0.455 e. The van der Waals surface area contributed by atoms with Gasteiger partial charge in [0.25, 0.3) is 0 Å². The molecule has 0 bridgehead atoms. The van der Waals surface area contributed by atoms with Gasteiger partial charge in [0.1, 0.15) is 17.2 Å². The Bertz CT molecular complexity index is 570. The van der Waals surface area contributed by atoms with Gasteiger partial charge in [-0.25, -0.2) is 4.98 Å². The van der Waals surface area contributed by atoms with Gasteiger partial charge >= 0.3 is 0 Å². The summed E-state index contributed by atoms with van der Waals surface area (Å²) in [6.07, 6.45) is 1.51. The molecule has 92 valence electrons. The van der Waals surface area contributed by atoms with E-state index in [4.69, 9.17) is 15.7 Å². The van der Waals surface area contributed by atoms with Crippen molar-refractivity contribution in [1.82, 2.24) is 4.98 Å². The summed E-state index contributed by atoms with van der Waals surface area (Å²) in [5, 5.41) is 11.4. The molecule has 0 spiro atoms. The molecule has 2 aromatic rings. The number of aromatic nitrogens is 1. The van der Waals surface area contributed by atoms with E-state index in [1.165, 1.54) is 6.20 Å². The Morgan fingerprint density at radius 2 is 2.06 bits per heavy atom. The van der Waals surface area contributed by atoms with E-state index in [2.05, 4.69) is 26.1 Å². The maximum absolute atomic E-state index is 8.51. The summed E-state index contributed by atoms with van der Waals surface area (Å²) in [6, 6.07) is 10.8. The minimum Gasteiger partial charge on any atom is -0.455 e. The molecule has 5 nitrogen and oxygen atoms in total. The molecule has 0 saturated heterocycles. The number of pyridine rings is 1. The molecule has 0 aliphatic rings. The normalized spacial score (nSPS) is 11.3. The van der Waals surface area contributed by atoms with E-state index in [1.807, 2.05) is 24.3 Å². The maximum Gasteiger partial charge on any atom is 0.188 e. The number of hydrogen-bond acceptors (Lipinski definition) is 4. The Morgan fingerprint density at radius 1 is 1.28 bits per heavy atom. The third-order valence-corrected chi connectivity index (χ3v) is 2.83. The van der Waals surface area contributed by atoms with Gasteiger partial charge in [0.2, 0.25) is 0 Å². The highest BCUT2D eigenvalue weighted by atomic mass is 79.9. The first-order valence-electron chi connectivity index (χ1n) is 5.07. The van der Waals surface area contributed by atoms with Crippen LogP contribution < -0.4 is 10.5 Å². The van der Waals surface area contributed by atoms with Crippen molar-refractivity contribution in [3.05, 3.63) is 52.8 Å². The fraction of sp³-hybridized carbons (Fsp3) is 0. The van der Waals surface area contributed by atoms with E-state index < -0.39 is 0 Å². The van der Waals surface area contributed by atoms with E-state index in [0.717, 1.165) is 4.47 Å². The molecular formula is C12H10BrN3O2. The number of para-hydroxylation sites is 1. The van der Waals surface area contributed by atoms with Crippen LogP contribution in [0.5, 0.6) is 11.5 Å². The number of rotatable bonds is 3. The molecule has 0 saturated carbocycles. The Labute approximate surface area is 112 Å². The summed E-state index contributed by atoms with van der Waals surface area (Å²) in [5.74, 6) is 1.22. The minimum atomic E-state index is -0.0394. The van der Waals surface area contributed by atoms with Crippen molar-refractivity contribution in [2.45, 2.75) is 0 Å². The van der Waals surface area contributed by atoms with Crippen molar-refractivity contribution in [3.63, 3.8) is 0 Å². The first-order valence-corrected chi connectivity index (χ1v) is 5.86. The van der Waals surface area contributed by atoms with Crippen molar-refractivity contribution in [2.75, 3.05) is 0 Å². The second kappa shape index (κ2) is 5.50. The number of hydrogen-bond donors (Lipinski definition) is 2. The van der Waals surface area contributed by atoms with Crippen molar-refractivity contribution in [3.8, 4) is 11.5 Å². The van der Waals surface area contributed by atoms with Crippen LogP contribution in [0.15, 0.2) is 52.2 Å². The number of oxime groups is 1. The number of nitrogens with two attached hydrogens (primary N) is 1. The number of halogens is 1. The van der Waals surface area contributed by atoms with Gasteiger partial charge in [0, 0.05) is 0 Å². The summed E-state index contributed by atoms with van der Waals surface area (Å²) in [4.78, 5) is 4.02. The standard InChI is InChI=1S/C12H10BrN3O2/c13-9-3-1-2-4-11(9)18-8-5-6-10(15-7-8)12(14)16-17/h1-7,17H,(H2,14,16). The summed E-state index contributed by atoms with van der Waals surface area (Å²) in [7, 11) is 0. The molecule has 0 aliphatic heterocycles. The summed E-state index contributed by atoms with van der Waals surface area (Å²) in [5.41, 5.74) is 5.80. The van der Waals surface area contributed by atoms with Crippen LogP contribution in [0.1, 0.15) is 5.69 Å². The highest BCUT2D eigenvalue weighted by Gasteiger charge is 2.04. The molecule has 0 radical (unpaired) electrons. The molecule has 0 amide bonds. The van der Waals surface area contributed by atoms with Crippen molar-refractivity contribution < 1.29 is 9.94 Å². The van der Waals surface area contributed by atoms with E-state index in [1.54, 1.807) is 12.1 Å². The average molecular weight is 308 g/mol. The SMILES string of the molecule is N/C(=N/O)c1ccc(Oc2ccccc2Br)cn1. The zero-order chi connectivity index (χ0) is 13.0. The van der Waals surface area contributed by atoms with Crippen molar-refractivity contribution >= 4 is 21.8 Å². The van der Waals surface area contributed by atoms with Crippen LogP contribution in [0.3, 0.4) is 0 Å². The maximum atomic E-state index is 8.51. The van der Waals surface area contributed by atoms with Crippen LogP contribution in [-0.2, 0) is 0 Å². The predicted molar refractivity (Wildman–Crippen MR) is 71.0 cm³/mol. The van der Waals surface area contributed by atoms with Crippen LogP contribution in [0.4, 0.5) is 0 Å². The molecule has 2 rings (SSSR count). The molecule has 0 fully saturated rings. The zero-order valence-electron chi connectivity index (χ0n) is 9.25. The summed E-state index contributed by atoms with van der Waals surface area (Å²) in [6.45, 7) is 0. The van der Waals surface area contributed by atoms with E-state index in [9.17, 15) is 0 Å². The average Bonchev–Trinajstić information content (AvgIpc) is 2.41. The van der Waals surface area contributed by atoms with Gasteiger partial charge in [0.15, 0.2) is 5.84 Å². The minimum absolute atomic E-state index is 0.0394. The molecule has 1 aromatic heterocycles. The smallest absolute Gasteiger partial charge is 0.188 e. The molecule has 3 N–H and O–H groups in total. The quantitative estimate of drug-likeness (QED) is 0.395. The molecule has 6 heteroatoms. The van der Waals surface area contributed by atoms with Gasteiger partial charge in [0.05, 0.1) is 10.7 Å². The lowest BCUT2D eigenvalue weighted by Gasteiger charge is -2.07. The van der Waals surface area contributed by atoms with Crippen molar-refractivity contribution in [2.24, 2.45) is 10.9 Å². The molecule has 0 unspecified atom stereocenters. The first kappa shape index (κ1) is 12.4. The Morgan fingerprint density at radius 3 is 2.67 bits per heavy atom. The highest BCUT2D eigenvalue weighted by Crippen LogP contribution is 2.28. The van der Waals surface area contributed by atoms with Gasteiger partial charge in [-0.1, -0.05) is 17.3 Å². The zero-order valence-corrected chi connectivity index (χ0v) is 10.8. The van der Waals surface area contributed by atoms with Crippen LogP contribution in [0, 0.1) is 0 Å². The molecular weight excluding hydrogens is 298 g/mol. The van der Waals surface area contributed by atoms with Gasteiger partial charge in [-0.2, -0.15) is 0 Å². The number of amidine groups is 1. The van der Waals surface area contributed by atoms with Gasteiger partial charge in [-0.15, -0.1) is 0 Å². The lowest BCUT2D eigenvalue weighted by Crippen LogP contribution is -2.14. The third-order valence-electron chi connectivity index (χ3n) is 2.17. The Kier molecular flexibility index (Phi) is 3.78. The van der Waals surface area contributed by atoms with E-state index in [0.29, 0.717) is 17.2 Å². The lowest BCUT2D eigenvalue weighted by molar-refractivity contribution is 0.318. The molecule has 0 atom stereocenters. The van der Waals surface area contributed by atoms with Gasteiger partial charge in [-0.3, -0.25) is 0 Å². The van der Waals surface area contributed by atoms with Crippen LogP contribution >= 0.6 is 15.9 Å². The monoisotopic (exact) mass is 307 g/mol. The van der Waals surface area contributed by atoms with Gasteiger partial charge < -0.3 is 15.7 Å². The lowest BCUT2D eigenvalue weighted by atomic mass is 10.3. The highest BCUT2D eigenvalue weighted by molar-refractivity contribution is 9.10. The number of nitrogens with zero attached hydrogens (tertiary/aromatic N) is 2. The van der Waals surface area contributed by atoms with Gasteiger partial charge in [-0.05, 0) is 40.2 Å². The second-order valence-corrected chi connectivity index (χ2v) is 4.25.